The van der Waals surface area contributed by atoms with Crippen LogP contribution in [0.15, 0.2) is 18.2 Å². The van der Waals surface area contributed by atoms with Crippen LogP contribution in [0.3, 0.4) is 0 Å². The van der Waals surface area contributed by atoms with Crippen LogP contribution in [-0.4, -0.2) is 47.9 Å². The van der Waals surface area contributed by atoms with Crippen LogP contribution in [-0.2, 0) is 23.9 Å². The lowest BCUT2D eigenvalue weighted by Crippen LogP contribution is -2.38. The number of benzene rings is 1. The number of nitrogens with two attached hydrogens (primary N) is 1. The molecule has 3 atom stereocenters. The summed E-state index contributed by atoms with van der Waals surface area (Å²) in [7, 11) is 0. The number of carboxylic acid groups (broad SMARTS) is 1. The highest BCUT2D eigenvalue weighted by Crippen LogP contribution is 2.34. The largest absolute Gasteiger partial charge is 0.508 e. The van der Waals surface area contributed by atoms with E-state index in [2.05, 4.69) is 0 Å². The molecule has 0 aliphatic rings. The molecule has 10 heteroatoms. The topological polar surface area (TPSA) is 151 Å². The number of esters is 2. The molecule has 2 unspecified atom stereocenters. The third kappa shape index (κ3) is 9.34. The Morgan fingerprint density at radius 3 is 2.12 bits per heavy atom. The van der Waals surface area contributed by atoms with Gasteiger partial charge in [-0.1, -0.05) is 19.9 Å². The molecule has 0 heterocycles. The molecule has 0 fully saturated rings. The molecule has 178 valence electrons. The van der Waals surface area contributed by atoms with Crippen LogP contribution in [0.4, 0.5) is 4.79 Å². The fourth-order valence-electron chi connectivity index (χ4n) is 2.87. The molecule has 0 aliphatic carbocycles. The minimum Gasteiger partial charge on any atom is -0.480 e. The lowest BCUT2D eigenvalue weighted by molar-refractivity contribution is -0.139. The maximum Gasteiger partial charge on any atom is 0.508 e. The lowest BCUT2D eigenvalue weighted by atomic mass is 9.87. The molecule has 1 rings (SSSR count). The van der Waals surface area contributed by atoms with Gasteiger partial charge in [-0.2, -0.15) is 0 Å². The zero-order valence-electron chi connectivity index (χ0n) is 19.0. The SMILES string of the molecule is CC(=O)Oc1ccc(C(CC(C)OC(=O)OCCC(C)C)[C@H](N)C(=O)O)cc1OC(C)=O. The summed E-state index contributed by atoms with van der Waals surface area (Å²) in [6.45, 7) is 8.15. The normalized spacial score (nSPS) is 13.6. The standard InChI is InChI=1S/C22H31NO9/c1-12(2)8-9-29-22(28)30-13(3)10-17(20(23)21(26)27)16-6-7-18(31-14(4)24)19(11-16)32-15(5)25/h6-7,11-13,17,20H,8-10,23H2,1-5H3,(H,26,27)/t13?,17?,20-/m0/s1. The van der Waals surface area contributed by atoms with Gasteiger partial charge in [0.1, 0.15) is 12.1 Å². The lowest BCUT2D eigenvalue weighted by Gasteiger charge is -2.25. The first-order valence-electron chi connectivity index (χ1n) is 10.2. The molecule has 0 aromatic heterocycles. The summed E-state index contributed by atoms with van der Waals surface area (Å²) in [5.74, 6) is -3.06. The number of hydrogen-bond acceptors (Lipinski definition) is 9. The predicted octanol–water partition coefficient (Wildman–Crippen LogP) is 3.01. The molecule has 3 N–H and O–H groups in total. The molecule has 0 saturated heterocycles. The Bertz CT molecular complexity index is 822. The van der Waals surface area contributed by atoms with Crippen molar-refractivity contribution in [2.45, 2.75) is 65.5 Å². The highest BCUT2D eigenvalue weighted by Gasteiger charge is 2.30. The third-order valence-corrected chi connectivity index (χ3v) is 4.42. The summed E-state index contributed by atoms with van der Waals surface area (Å²) >= 11 is 0. The smallest absolute Gasteiger partial charge is 0.480 e. The zero-order chi connectivity index (χ0) is 24.4. The molecule has 0 aliphatic heterocycles. The van der Waals surface area contributed by atoms with Gasteiger partial charge >= 0.3 is 24.1 Å². The highest BCUT2D eigenvalue weighted by atomic mass is 16.7. The van der Waals surface area contributed by atoms with Crippen LogP contribution < -0.4 is 15.2 Å². The second kappa shape index (κ2) is 12.7. The quantitative estimate of drug-likeness (QED) is 0.378. The number of carboxylic acids is 1. The first-order valence-corrected chi connectivity index (χ1v) is 10.2. The van der Waals surface area contributed by atoms with Gasteiger partial charge in [-0.3, -0.25) is 14.4 Å². The molecule has 0 bridgehead atoms. The van der Waals surface area contributed by atoms with Gasteiger partial charge in [0.25, 0.3) is 0 Å². The van der Waals surface area contributed by atoms with Crippen molar-refractivity contribution in [2.75, 3.05) is 6.61 Å². The number of rotatable bonds is 11. The van der Waals surface area contributed by atoms with Crippen molar-refractivity contribution in [1.29, 1.82) is 0 Å². The van der Waals surface area contributed by atoms with Gasteiger partial charge in [-0.15, -0.1) is 0 Å². The van der Waals surface area contributed by atoms with Crippen LogP contribution in [0, 0.1) is 5.92 Å². The Kier molecular flexibility index (Phi) is 10.6. The van der Waals surface area contributed by atoms with E-state index in [1.54, 1.807) is 6.92 Å². The minimum absolute atomic E-state index is 0.00266. The van der Waals surface area contributed by atoms with E-state index >= 15 is 0 Å². The first kappa shape index (κ1) is 26.9. The summed E-state index contributed by atoms with van der Waals surface area (Å²) in [5.41, 5.74) is 6.29. The maximum atomic E-state index is 11.9. The molecule has 1 aromatic carbocycles. The van der Waals surface area contributed by atoms with Gasteiger partial charge in [0.2, 0.25) is 0 Å². The van der Waals surface area contributed by atoms with Crippen molar-refractivity contribution >= 4 is 24.1 Å². The molecule has 32 heavy (non-hydrogen) atoms. The van der Waals surface area contributed by atoms with E-state index in [-0.39, 0.29) is 24.5 Å². The molecular weight excluding hydrogens is 422 g/mol. The minimum atomic E-state index is -1.34. The van der Waals surface area contributed by atoms with Gasteiger partial charge in [0, 0.05) is 19.8 Å². The molecule has 1 aromatic rings. The van der Waals surface area contributed by atoms with Crippen molar-refractivity contribution in [3.8, 4) is 11.5 Å². The van der Waals surface area contributed by atoms with Crippen molar-refractivity contribution in [2.24, 2.45) is 11.7 Å². The van der Waals surface area contributed by atoms with E-state index in [0.717, 1.165) is 0 Å². The first-order chi connectivity index (χ1) is 14.9. The monoisotopic (exact) mass is 453 g/mol. The summed E-state index contributed by atoms with van der Waals surface area (Å²) in [6, 6.07) is 2.91. The molecule has 0 radical (unpaired) electrons. The number of carbonyl (C=O) groups is 4. The average Bonchev–Trinajstić information content (AvgIpc) is 2.65. The predicted molar refractivity (Wildman–Crippen MR) is 113 cm³/mol. The molecule has 0 saturated carbocycles. The van der Waals surface area contributed by atoms with E-state index in [1.165, 1.54) is 32.0 Å². The van der Waals surface area contributed by atoms with Crippen molar-refractivity contribution in [3.05, 3.63) is 23.8 Å². The van der Waals surface area contributed by atoms with Crippen LogP contribution >= 0.6 is 0 Å². The molecular formula is C22H31NO9. The Morgan fingerprint density at radius 1 is 1.00 bits per heavy atom. The van der Waals surface area contributed by atoms with Gasteiger partial charge in [-0.05, 0) is 43.4 Å². The molecule has 0 amide bonds. The van der Waals surface area contributed by atoms with E-state index < -0.39 is 42.1 Å². The Hall–Kier alpha value is -3.14. The van der Waals surface area contributed by atoms with E-state index in [9.17, 15) is 24.3 Å². The number of ether oxygens (including phenoxy) is 4. The van der Waals surface area contributed by atoms with Crippen molar-refractivity contribution < 1.29 is 43.2 Å². The van der Waals surface area contributed by atoms with E-state index in [1.807, 2.05) is 13.8 Å². The van der Waals surface area contributed by atoms with Crippen LogP contribution in [0.5, 0.6) is 11.5 Å². The second-order valence-corrected chi connectivity index (χ2v) is 7.81. The fraction of sp³-hybridized carbons (Fsp3) is 0.545. The van der Waals surface area contributed by atoms with Crippen LogP contribution in [0.25, 0.3) is 0 Å². The summed E-state index contributed by atoms with van der Waals surface area (Å²) in [4.78, 5) is 46.2. The van der Waals surface area contributed by atoms with Crippen molar-refractivity contribution in [3.63, 3.8) is 0 Å². The van der Waals surface area contributed by atoms with Gasteiger partial charge < -0.3 is 29.8 Å². The zero-order valence-corrected chi connectivity index (χ0v) is 19.0. The van der Waals surface area contributed by atoms with Crippen molar-refractivity contribution in [1.82, 2.24) is 0 Å². The van der Waals surface area contributed by atoms with Crippen LogP contribution in [0.1, 0.15) is 58.9 Å². The fourth-order valence-corrected chi connectivity index (χ4v) is 2.87. The summed E-state index contributed by atoms with van der Waals surface area (Å²) < 4.78 is 20.4. The van der Waals surface area contributed by atoms with E-state index in [0.29, 0.717) is 17.9 Å². The summed E-state index contributed by atoms with van der Waals surface area (Å²) in [6.07, 6.45) is -0.836. The highest BCUT2D eigenvalue weighted by molar-refractivity contribution is 5.76. The Labute approximate surface area is 187 Å². The summed E-state index contributed by atoms with van der Waals surface area (Å²) in [5, 5.41) is 9.45. The Morgan fingerprint density at radius 2 is 1.59 bits per heavy atom. The maximum absolute atomic E-state index is 11.9. The Balaban J connectivity index is 3.08. The average molecular weight is 453 g/mol. The van der Waals surface area contributed by atoms with Gasteiger partial charge in [0.05, 0.1) is 6.61 Å². The van der Waals surface area contributed by atoms with E-state index in [4.69, 9.17) is 24.7 Å². The van der Waals surface area contributed by atoms with Crippen LogP contribution in [0.2, 0.25) is 0 Å². The second-order valence-electron chi connectivity index (χ2n) is 7.81. The number of hydrogen-bond donors (Lipinski definition) is 2. The number of aliphatic carboxylic acids is 1. The van der Waals surface area contributed by atoms with Gasteiger partial charge in [-0.25, -0.2) is 4.79 Å². The third-order valence-electron chi connectivity index (χ3n) is 4.42. The van der Waals surface area contributed by atoms with Gasteiger partial charge in [0.15, 0.2) is 11.5 Å². The molecule has 0 spiro atoms. The molecule has 10 nitrogen and oxygen atoms in total. The number of carbonyl (C=O) groups excluding carboxylic acids is 3.